The van der Waals surface area contributed by atoms with Gasteiger partial charge in [0, 0.05) is 11.8 Å². The molecule has 8 heteroatoms. The second kappa shape index (κ2) is 5.25. The molecule has 1 aliphatic heterocycles. The van der Waals surface area contributed by atoms with Crippen molar-refractivity contribution in [2.75, 3.05) is 13.7 Å². The molecule has 0 amide bonds. The van der Waals surface area contributed by atoms with Crippen molar-refractivity contribution in [2.24, 2.45) is 0 Å². The number of hydrogen-bond donors (Lipinski definition) is 3. The first-order valence-corrected chi connectivity index (χ1v) is 5.75. The minimum atomic E-state index is -1.32. The third kappa shape index (κ3) is 2.35. The molecule has 1 aliphatic rings. The summed E-state index contributed by atoms with van der Waals surface area (Å²) in [4.78, 5) is 15.5. The van der Waals surface area contributed by atoms with Crippen molar-refractivity contribution in [2.45, 2.75) is 31.5 Å². The Morgan fingerprint density at radius 3 is 2.68 bits per heavy atom. The van der Waals surface area contributed by atoms with Gasteiger partial charge in [-0.2, -0.15) is 4.98 Å². The molecule has 4 atom stereocenters. The zero-order valence-electron chi connectivity index (χ0n) is 10.6. The number of aromatic nitrogens is 2. The van der Waals surface area contributed by atoms with Crippen LogP contribution in [0.3, 0.4) is 0 Å². The summed E-state index contributed by atoms with van der Waals surface area (Å²) in [6.07, 6.45) is -3.17. The van der Waals surface area contributed by atoms with E-state index in [4.69, 9.17) is 14.6 Å². The predicted molar refractivity (Wildman–Crippen MR) is 62.8 cm³/mol. The molecule has 106 valence electrons. The van der Waals surface area contributed by atoms with Crippen LogP contribution in [0.15, 0.2) is 11.0 Å². The van der Waals surface area contributed by atoms with Gasteiger partial charge in [0.25, 0.3) is 0 Å². The summed E-state index contributed by atoms with van der Waals surface area (Å²) in [5.41, 5.74) is -0.0860. The van der Waals surface area contributed by atoms with Crippen molar-refractivity contribution in [3.63, 3.8) is 0 Å². The summed E-state index contributed by atoms with van der Waals surface area (Å²) >= 11 is 0. The van der Waals surface area contributed by atoms with Crippen LogP contribution in [0.4, 0.5) is 0 Å². The van der Waals surface area contributed by atoms with E-state index in [-0.39, 0.29) is 5.88 Å². The maximum atomic E-state index is 11.8. The number of ether oxygens (including phenoxy) is 2. The minimum absolute atomic E-state index is 0.188. The Morgan fingerprint density at radius 2 is 2.16 bits per heavy atom. The summed E-state index contributed by atoms with van der Waals surface area (Å²) in [6.45, 7) is 1.23. The van der Waals surface area contributed by atoms with Gasteiger partial charge in [-0.05, 0) is 6.92 Å². The van der Waals surface area contributed by atoms with E-state index in [2.05, 4.69) is 4.98 Å². The van der Waals surface area contributed by atoms with Gasteiger partial charge < -0.3 is 24.8 Å². The molecule has 1 aromatic rings. The van der Waals surface area contributed by atoms with Crippen LogP contribution >= 0.6 is 0 Å². The van der Waals surface area contributed by atoms with E-state index < -0.39 is 36.8 Å². The van der Waals surface area contributed by atoms with Gasteiger partial charge in [-0.25, -0.2) is 4.79 Å². The third-order valence-electron chi connectivity index (χ3n) is 3.07. The lowest BCUT2D eigenvalue weighted by atomic mass is 10.1. The lowest BCUT2D eigenvalue weighted by Gasteiger charge is -2.18. The van der Waals surface area contributed by atoms with Crippen molar-refractivity contribution in [3.05, 3.63) is 22.2 Å². The van der Waals surface area contributed by atoms with Crippen LogP contribution in [-0.2, 0) is 4.74 Å². The molecule has 0 bridgehead atoms. The maximum Gasteiger partial charge on any atom is 0.353 e. The number of aryl methyl sites for hydroxylation is 1. The fourth-order valence-corrected chi connectivity index (χ4v) is 2.05. The van der Waals surface area contributed by atoms with Crippen molar-refractivity contribution < 1.29 is 24.8 Å². The number of methoxy groups -OCH3 is 1. The first-order valence-electron chi connectivity index (χ1n) is 5.75. The van der Waals surface area contributed by atoms with Crippen LogP contribution in [0.1, 0.15) is 11.8 Å². The summed E-state index contributed by atoms with van der Waals surface area (Å²) in [7, 11) is 1.39. The molecule has 0 aliphatic carbocycles. The van der Waals surface area contributed by atoms with Gasteiger partial charge in [0.05, 0.1) is 13.7 Å². The smallest absolute Gasteiger partial charge is 0.353 e. The molecule has 0 spiro atoms. The summed E-state index contributed by atoms with van der Waals surface area (Å²) in [6, 6.07) is 0. The Hall–Kier alpha value is -1.48. The minimum Gasteiger partial charge on any atom is -0.481 e. The molecular formula is C11H16N2O6. The Labute approximate surface area is 108 Å². The Bertz CT molecular complexity index is 516. The van der Waals surface area contributed by atoms with Crippen molar-refractivity contribution in [3.8, 4) is 5.88 Å². The standard InChI is InChI=1S/C11H16N2O6/c1-5-3-13(11(17)12-9(5)18-2)10-8(16)7(15)6(4-14)19-10/h3,6-8,10,14-16H,4H2,1-2H3/t6-,7+,8+,10+/m0/s1. The van der Waals surface area contributed by atoms with Gasteiger partial charge >= 0.3 is 5.69 Å². The lowest BCUT2D eigenvalue weighted by molar-refractivity contribution is -0.0551. The molecule has 1 saturated heterocycles. The van der Waals surface area contributed by atoms with E-state index in [0.29, 0.717) is 5.56 Å². The Balaban J connectivity index is 2.38. The zero-order chi connectivity index (χ0) is 14.2. The number of hydrogen-bond acceptors (Lipinski definition) is 7. The van der Waals surface area contributed by atoms with Crippen molar-refractivity contribution >= 4 is 0 Å². The number of nitrogens with zero attached hydrogens (tertiary/aromatic N) is 2. The van der Waals surface area contributed by atoms with Gasteiger partial charge in [-0.15, -0.1) is 0 Å². The normalized spacial score (nSPS) is 30.6. The van der Waals surface area contributed by atoms with Crippen LogP contribution in [0.2, 0.25) is 0 Å². The van der Waals surface area contributed by atoms with E-state index in [1.807, 2.05) is 0 Å². The SMILES string of the molecule is COc1nc(=O)n([C@@H]2O[C@@H](CO)[C@@H](O)[C@H]2O)cc1C. The number of rotatable bonds is 3. The molecule has 0 radical (unpaired) electrons. The van der Waals surface area contributed by atoms with Crippen LogP contribution in [-0.4, -0.2) is 56.9 Å². The topological polar surface area (TPSA) is 114 Å². The van der Waals surface area contributed by atoms with Crippen molar-refractivity contribution in [1.82, 2.24) is 9.55 Å². The predicted octanol–water partition coefficient (Wildman–Crippen LogP) is -1.83. The second-order valence-electron chi connectivity index (χ2n) is 4.35. The monoisotopic (exact) mass is 272 g/mol. The van der Waals surface area contributed by atoms with E-state index in [1.54, 1.807) is 6.92 Å². The van der Waals surface area contributed by atoms with E-state index >= 15 is 0 Å². The molecule has 19 heavy (non-hydrogen) atoms. The highest BCUT2D eigenvalue weighted by Crippen LogP contribution is 2.28. The molecule has 2 heterocycles. The molecule has 0 aromatic carbocycles. The molecule has 8 nitrogen and oxygen atoms in total. The first-order chi connectivity index (χ1) is 8.99. The molecule has 1 fully saturated rings. The van der Waals surface area contributed by atoms with Gasteiger partial charge in [-0.3, -0.25) is 4.57 Å². The van der Waals surface area contributed by atoms with Gasteiger partial charge in [-0.1, -0.05) is 0 Å². The molecule has 3 N–H and O–H groups in total. The molecule has 0 saturated carbocycles. The highest BCUT2D eigenvalue weighted by atomic mass is 16.6. The number of aliphatic hydroxyl groups excluding tert-OH is 3. The molecular weight excluding hydrogens is 256 g/mol. The summed E-state index contributed by atoms with van der Waals surface area (Å²) < 4.78 is 11.3. The van der Waals surface area contributed by atoms with Gasteiger partial charge in [0.1, 0.15) is 18.3 Å². The first kappa shape index (κ1) is 13.9. The molecule has 1 aromatic heterocycles. The van der Waals surface area contributed by atoms with E-state index in [9.17, 15) is 15.0 Å². The maximum absolute atomic E-state index is 11.8. The quantitative estimate of drug-likeness (QED) is 0.593. The van der Waals surface area contributed by atoms with Crippen LogP contribution < -0.4 is 10.4 Å². The van der Waals surface area contributed by atoms with Crippen LogP contribution in [0.5, 0.6) is 5.88 Å². The van der Waals surface area contributed by atoms with Crippen LogP contribution in [0, 0.1) is 6.92 Å². The summed E-state index contributed by atoms with van der Waals surface area (Å²) in [5, 5.41) is 28.5. The third-order valence-corrected chi connectivity index (χ3v) is 3.07. The Morgan fingerprint density at radius 1 is 1.47 bits per heavy atom. The second-order valence-corrected chi connectivity index (χ2v) is 4.35. The highest BCUT2D eigenvalue weighted by molar-refractivity contribution is 5.20. The highest BCUT2D eigenvalue weighted by Gasteiger charge is 2.43. The average Bonchev–Trinajstić information content (AvgIpc) is 2.68. The zero-order valence-corrected chi connectivity index (χ0v) is 10.6. The fraction of sp³-hybridized carbons (Fsp3) is 0.636. The average molecular weight is 272 g/mol. The lowest BCUT2D eigenvalue weighted by Crippen LogP contribution is -2.36. The van der Waals surface area contributed by atoms with Gasteiger partial charge in [0.15, 0.2) is 6.23 Å². The van der Waals surface area contributed by atoms with Gasteiger partial charge in [0.2, 0.25) is 5.88 Å². The fourth-order valence-electron chi connectivity index (χ4n) is 2.05. The van der Waals surface area contributed by atoms with E-state index in [1.165, 1.54) is 13.3 Å². The molecule has 0 unspecified atom stereocenters. The molecule has 2 rings (SSSR count). The number of aliphatic hydroxyl groups is 3. The largest absolute Gasteiger partial charge is 0.481 e. The van der Waals surface area contributed by atoms with Crippen molar-refractivity contribution in [1.29, 1.82) is 0 Å². The summed E-state index contributed by atoms with van der Waals surface area (Å²) in [5.74, 6) is 0.188. The van der Waals surface area contributed by atoms with E-state index in [0.717, 1.165) is 4.57 Å². The Kier molecular flexibility index (Phi) is 3.85. The van der Waals surface area contributed by atoms with Crippen LogP contribution in [0.25, 0.3) is 0 Å².